The van der Waals surface area contributed by atoms with Gasteiger partial charge in [-0.3, -0.25) is 4.72 Å². The zero-order valence-corrected chi connectivity index (χ0v) is 17.6. The van der Waals surface area contributed by atoms with Gasteiger partial charge in [0.15, 0.2) is 0 Å². The van der Waals surface area contributed by atoms with Crippen LogP contribution >= 0.6 is 11.8 Å². The minimum Gasteiger partial charge on any atom is -0.411 e. The first-order valence-corrected chi connectivity index (χ1v) is 11.8. The number of anilines is 1. The van der Waals surface area contributed by atoms with E-state index >= 15 is 0 Å². The molecule has 0 saturated carbocycles. The first-order valence-electron chi connectivity index (χ1n) is 9.29. The number of thioether (sulfide) groups is 1. The molecule has 0 fully saturated rings. The fraction of sp³-hybridized carbons (Fsp3) is 0.0909. The van der Waals surface area contributed by atoms with Crippen LogP contribution in [0.25, 0.3) is 11.5 Å². The van der Waals surface area contributed by atoms with Gasteiger partial charge < -0.3 is 4.42 Å². The average molecular weight is 438 g/mol. The predicted octanol–water partition coefficient (Wildman–Crippen LogP) is 4.87. The lowest BCUT2D eigenvalue weighted by Crippen LogP contribution is -2.12. The highest BCUT2D eigenvalue weighted by Gasteiger charge is 2.14. The van der Waals surface area contributed by atoms with Crippen LogP contribution in [0.2, 0.25) is 0 Å². The fourth-order valence-corrected chi connectivity index (χ4v) is 4.61. The van der Waals surface area contributed by atoms with Crippen LogP contribution in [-0.4, -0.2) is 24.4 Å². The molecule has 1 heterocycles. The third kappa shape index (κ3) is 5.08. The molecule has 1 aromatic heterocycles. The molecular weight excluding hydrogens is 418 g/mol. The van der Waals surface area contributed by atoms with Crippen LogP contribution in [0.15, 0.2) is 99.5 Å². The second-order valence-corrected chi connectivity index (χ2v) is 9.18. The summed E-state index contributed by atoms with van der Waals surface area (Å²) in [6.07, 6.45) is 0.916. The molecule has 0 unspecified atom stereocenters. The molecule has 6 nitrogen and oxygen atoms in total. The van der Waals surface area contributed by atoms with E-state index in [1.54, 1.807) is 54.6 Å². The van der Waals surface area contributed by atoms with Crippen molar-refractivity contribution in [1.82, 2.24) is 10.2 Å². The molecular formula is C22H19N3O3S2. The van der Waals surface area contributed by atoms with Crippen molar-refractivity contribution in [3.63, 3.8) is 0 Å². The summed E-state index contributed by atoms with van der Waals surface area (Å²) in [5.74, 6) is 1.24. The van der Waals surface area contributed by atoms with E-state index in [4.69, 9.17) is 4.42 Å². The molecule has 3 aromatic carbocycles. The second-order valence-electron chi connectivity index (χ2n) is 6.45. The zero-order valence-electron chi connectivity index (χ0n) is 15.9. The molecule has 0 aliphatic rings. The van der Waals surface area contributed by atoms with Gasteiger partial charge in [-0.25, -0.2) is 8.42 Å². The van der Waals surface area contributed by atoms with Gasteiger partial charge in [-0.05, 0) is 48.4 Å². The Balaban J connectivity index is 1.37. The Morgan fingerprint density at radius 1 is 0.833 bits per heavy atom. The van der Waals surface area contributed by atoms with Crippen molar-refractivity contribution in [2.45, 2.75) is 16.5 Å². The first kappa shape index (κ1) is 20.2. The Hall–Kier alpha value is -3.10. The number of hydrogen-bond acceptors (Lipinski definition) is 6. The molecule has 8 heteroatoms. The molecule has 0 radical (unpaired) electrons. The van der Waals surface area contributed by atoms with Crippen LogP contribution in [-0.2, 0) is 16.4 Å². The standard InChI is InChI=1S/C22H19N3O3S2/c26-30(27,20-9-5-2-6-10-20)25-19-13-11-18(12-14-19)21-23-24-22(28-21)29-16-15-17-7-3-1-4-8-17/h1-14,25H,15-16H2. The number of nitrogens with one attached hydrogen (secondary N) is 1. The van der Waals surface area contributed by atoms with E-state index in [-0.39, 0.29) is 4.90 Å². The normalized spacial score (nSPS) is 11.3. The van der Waals surface area contributed by atoms with Gasteiger partial charge >= 0.3 is 0 Å². The van der Waals surface area contributed by atoms with Crippen molar-refractivity contribution >= 4 is 27.5 Å². The van der Waals surface area contributed by atoms with Gasteiger partial charge in [0.2, 0.25) is 5.89 Å². The molecule has 1 N–H and O–H groups in total. The monoisotopic (exact) mass is 437 g/mol. The highest BCUT2D eigenvalue weighted by molar-refractivity contribution is 7.99. The Morgan fingerprint density at radius 3 is 2.20 bits per heavy atom. The van der Waals surface area contributed by atoms with E-state index < -0.39 is 10.0 Å². The van der Waals surface area contributed by atoms with Crippen molar-refractivity contribution in [2.75, 3.05) is 10.5 Å². The summed E-state index contributed by atoms with van der Waals surface area (Å²) >= 11 is 1.51. The smallest absolute Gasteiger partial charge is 0.276 e. The maximum atomic E-state index is 12.4. The molecule has 0 spiro atoms. The van der Waals surface area contributed by atoms with E-state index in [1.807, 2.05) is 18.2 Å². The maximum absolute atomic E-state index is 12.4. The molecule has 0 saturated heterocycles. The highest BCUT2D eigenvalue weighted by atomic mass is 32.2. The van der Waals surface area contributed by atoms with Crippen LogP contribution in [0, 0.1) is 0 Å². The third-order valence-corrected chi connectivity index (χ3v) is 6.52. The minimum absolute atomic E-state index is 0.211. The van der Waals surface area contributed by atoms with Gasteiger partial charge in [-0.1, -0.05) is 60.3 Å². The van der Waals surface area contributed by atoms with Gasteiger partial charge in [-0.2, -0.15) is 0 Å². The Labute approximate surface area is 179 Å². The molecule has 0 bridgehead atoms. The maximum Gasteiger partial charge on any atom is 0.276 e. The number of aryl methyl sites for hydroxylation is 1. The molecule has 30 heavy (non-hydrogen) atoms. The number of benzene rings is 3. The fourth-order valence-electron chi connectivity index (χ4n) is 2.78. The summed E-state index contributed by atoms with van der Waals surface area (Å²) in [4.78, 5) is 0.211. The molecule has 0 amide bonds. The van der Waals surface area contributed by atoms with Crippen LogP contribution in [0.1, 0.15) is 5.56 Å². The summed E-state index contributed by atoms with van der Waals surface area (Å²) < 4.78 is 33.1. The van der Waals surface area contributed by atoms with Crippen LogP contribution in [0.4, 0.5) is 5.69 Å². The summed E-state index contributed by atoms with van der Waals surface area (Å²) in [6, 6.07) is 25.3. The molecule has 152 valence electrons. The second kappa shape index (κ2) is 9.15. The van der Waals surface area contributed by atoms with Crippen LogP contribution in [0.5, 0.6) is 0 Å². The summed E-state index contributed by atoms with van der Waals surface area (Å²) in [7, 11) is -3.62. The van der Waals surface area contributed by atoms with Gasteiger partial charge in [0.25, 0.3) is 15.2 Å². The zero-order chi connectivity index (χ0) is 20.8. The average Bonchev–Trinajstić information content (AvgIpc) is 3.24. The van der Waals surface area contributed by atoms with Gasteiger partial charge in [0, 0.05) is 17.0 Å². The van der Waals surface area contributed by atoms with Crippen molar-refractivity contribution in [1.29, 1.82) is 0 Å². The predicted molar refractivity (Wildman–Crippen MR) is 118 cm³/mol. The van der Waals surface area contributed by atoms with Gasteiger partial charge in [-0.15, -0.1) is 10.2 Å². The van der Waals surface area contributed by atoms with Crippen molar-refractivity contribution in [3.8, 4) is 11.5 Å². The highest BCUT2D eigenvalue weighted by Crippen LogP contribution is 2.25. The summed E-state index contributed by atoms with van der Waals surface area (Å²) in [5.41, 5.74) is 2.44. The molecule has 0 aliphatic heterocycles. The quantitative estimate of drug-likeness (QED) is 0.396. The molecule has 0 atom stereocenters. The van der Waals surface area contributed by atoms with Gasteiger partial charge in [0.1, 0.15) is 0 Å². The summed E-state index contributed by atoms with van der Waals surface area (Å²) in [5, 5.41) is 8.68. The molecule has 4 rings (SSSR count). The van der Waals surface area contributed by atoms with E-state index in [0.717, 1.165) is 17.7 Å². The number of aromatic nitrogens is 2. The largest absolute Gasteiger partial charge is 0.411 e. The van der Waals surface area contributed by atoms with Crippen molar-refractivity contribution < 1.29 is 12.8 Å². The lowest BCUT2D eigenvalue weighted by Gasteiger charge is -2.08. The lowest BCUT2D eigenvalue weighted by atomic mass is 10.2. The van der Waals surface area contributed by atoms with Crippen LogP contribution < -0.4 is 4.72 Å². The molecule has 0 aliphatic carbocycles. The third-order valence-electron chi connectivity index (χ3n) is 4.30. The number of nitrogens with zero attached hydrogens (tertiary/aromatic N) is 2. The van der Waals surface area contributed by atoms with Gasteiger partial charge in [0.05, 0.1) is 4.90 Å². The Morgan fingerprint density at radius 2 is 1.50 bits per heavy atom. The summed E-state index contributed by atoms with van der Waals surface area (Å²) in [6.45, 7) is 0. The minimum atomic E-state index is -3.62. The first-order chi connectivity index (χ1) is 14.6. The van der Waals surface area contributed by atoms with E-state index in [0.29, 0.717) is 16.8 Å². The van der Waals surface area contributed by atoms with E-state index in [9.17, 15) is 8.42 Å². The van der Waals surface area contributed by atoms with Crippen molar-refractivity contribution in [3.05, 3.63) is 90.5 Å². The van der Waals surface area contributed by atoms with E-state index in [2.05, 4.69) is 27.1 Å². The SMILES string of the molecule is O=S(=O)(Nc1ccc(-c2nnc(SCCc3ccccc3)o2)cc1)c1ccccc1. The van der Waals surface area contributed by atoms with E-state index in [1.165, 1.54) is 17.3 Å². The molecule has 4 aromatic rings. The topological polar surface area (TPSA) is 85.1 Å². The van der Waals surface area contributed by atoms with Crippen LogP contribution in [0.3, 0.4) is 0 Å². The Bertz CT molecular complexity index is 1190. The number of hydrogen-bond donors (Lipinski definition) is 1. The number of rotatable bonds is 8. The lowest BCUT2D eigenvalue weighted by molar-refractivity contribution is 0.466. The Kier molecular flexibility index (Phi) is 6.15. The van der Waals surface area contributed by atoms with Crippen molar-refractivity contribution in [2.24, 2.45) is 0 Å². The number of sulfonamides is 1.